The minimum atomic E-state index is -0.839. The van der Waals surface area contributed by atoms with Crippen LogP contribution in [0, 0.1) is 11.6 Å². The third-order valence-corrected chi connectivity index (χ3v) is 2.88. The molecule has 0 radical (unpaired) electrons. The smallest absolute Gasteiger partial charge is 0.156 e. The van der Waals surface area contributed by atoms with E-state index in [4.69, 9.17) is 28.9 Å². The monoisotopic (exact) mass is 273 g/mol. The van der Waals surface area contributed by atoms with Gasteiger partial charge in [-0.3, -0.25) is 0 Å². The molecule has 0 unspecified atom stereocenters. The van der Waals surface area contributed by atoms with Crippen LogP contribution in [0.4, 0.5) is 14.5 Å². The standard InChI is InChI=1S/C12H7Cl2F2N/c13-6-1-2-8(14)7(5-6)11-9(15)3-4-10(17)12(11)16/h1-5H,17H2. The molecule has 0 aliphatic carbocycles. The van der Waals surface area contributed by atoms with E-state index in [0.29, 0.717) is 5.02 Å². The van der Waals surface area contributed by atoms with Crippen LogP contribution in [0.25, 0.3) is 11.1 Å². The number of nitrogen functional groups attached to an aromatic ring is 1. The van der Waals surface area contributed by atoms with Crippen LogP contribution in [0.1, 0.15) is 0 Å². The number of benzene rings is 2. The first-order valence-electron chi connectivity index (χ1n) is 4.69. The zero-order valence-corrected chi connectivity index (χ0v) is 9.99. The Morgan fingerprint density at radius 3 is 2.41 bits per heavy atom. The van der Waals surface area contributed by atoms with E-state index in [-0.39, 0.29) is 21.8 Å². The highest BCUT2D eigenvalue weighted by atomic mass is 35.5. The molecule has 0 aliphatic heterocycles. The van der Waals surface area contributed by atoms with Gasteiger partial charge >= 0.3 is 0 Å². The van der Waals surface area contributed by atoms with Gasteiger partial charge < -0.3 is 5.73 Å². The third kappa shape index (κ3) is 2.21. The molecule has 0 atom stereocenters. The molecule has 0 saturated heterocycles. The van der Waals surface area contributed by atoms with Crippen molar-refractivity contribution >= 4 is 28.9 Å². The molecule has 0 bridgehead atoms. The van der Waals surface area contributed by atoms with Gasteiger partial charge in [0.05, 0.1) is 11.3 Å². The van der Waals surface area contributed by atoms with Gasteiger partial charge in [0.15, 0.2) is 5.82 Å². The summed E-state index contributed by atoms with van der Waals surface area (Å²) in [5.74, 6) is -1.57. The lowest BCUT2D eigenvalue weighted by molar-refractivity contribution is 0.592. The van der Waals surface area contributed by atoms with Crippen molar-refractivity contribution in [3.8, 4) is 11.1 Å². The Bertz CT molecular complexity index is 585. The lowest BCUT2D eigenvalue weighted by atomic mass is 10.0. The first-order valence-corrected chi connectivity index (χ1v) is 5.45. The minimum absolute atomic E-state index is 0.141. The number of halogens is 4. The lowest BCUT2D eigenvalue weighted by Gasteiger charge is -2.09. The van der Waals surface area contributed by atoms with E-state index >= 15 is 0 Å². The molecule has 2 N–H and O–H groups in total. The molecule has 88 valence electrons. The second-order valence-corrected chi connectivity index (χ2v) is 4.29. The van der Waals surface area contributed by atoms with Gasteiger partial charge in [0.2, 0.25) is 0 Å². The Morgan fingerprint density at radius 1 is 1.00 bits per heavy atom. The van der Waals surface area contributed by atoms with Crippen LogP contribution in [-0.4, -0.2) is 0 Å². The predicted octanol–water partition coefficient (Wildman–Crippen LogP) is 4.52. The summed E-state index contributed by atoms with van der Waals surface area (Å²) in [5, 5.41) is 0.545. The van der Waals surface area contributed by atoms with Crippen molar-refractivity contribution in [2.45, 2.75) is 0 Å². The van der Waals surface area contributed by atoms with E-state index < -0.39 is 11.6 Å². The van der Waals surface area contributed by atoms with Crippen molar-refractivity contribution in [3.05, 3.63) is 52.0 Å². The fourth-order valence-corrected chi connectivity index (χ4v) is 1.89. The van der Waals surface area contributed by atoms with Crippen LogP contribution in [0.5, 0.6) is 0 Å². The Labute approximate surface area is 107 Å². The minimum Gasteiger partial charge on any atom is -0.396 e. The maximum atomic E-state index is 13.8. The zero-order valence-electron chi connectivity index (χ0n) is 8.48. The fraction of sp³-hybridized carbons (Fsp3) is 0. The van der Waals surface area contributed by atoms with Crippen molar-refractivity contribution in [2.75, 3.05) is 5.73 Å². The Morgan fingerprint density at radius 2 is 1.71 bits per heavy atom. The topological polar surface area (TPSA) is 26.0 Å². The summed E-state index contributed by atoms with van der Waals surface area (Å²) in [6, 6.07) is 6.65. The van der Waals surface area contributed by atoms with Crippen LogP contribution in [0.2, 0.25) is 10.0 Å². The van der Waals surface area contributed by atoms with Crippen molar-refractivity contribution in [1.29, 1.82) is 0 Å². The van der Waals surface area contributed by atoms with Gasteiger partial charge in [0.1, 0.15) is 5.82 Å². The molecule has 5 heteroatoms. The van der Waals surface area contributed by atoms with Gasteiger partial charge in [-0.25, -0.2) is 8.78 Å². The molecule has 2 rings (SSSR count). The van der Waals surface area contributed by atoms with E-state index in [1.807, 2.05) is 0 Å². The highest BCUT2D eigenvalue weighted by Crippen LogP contribution is 2.35. The normalized spacial score (nSPS) is 10.6. The predicted molar refractivity (Wildman–Crippen MR) is 66.2 cm³/mol. The Kier molecular flexibility index (Phi) is 3.22. The molecule has 0 fully saturated rings. The Hall–Kier alpha value is -1.32. The molecule has 2 aromatic rings. The van der Waals surface area contributed by atoms with Gasteiger partial charge in [-0.1, -0.05) is 23.2 Å². The van der Waals surface area contributed by atoms with Gasteiger partial charge in [0.25, 0.3) is 0 Å². The van der Waals surface area contributed by atoms with Crippen molar-refractivity contribution in [2.24, 2.45) is 0 Å². The number of hydrogen-bond acceptors (Lipinski definition) is 1. The summed E-state index contributed by atoms with van der Waals surface area (Å²) in [7, 11) is 0. The summed E-state index contributed by atoms with van der Waals surface area (Å²) in [4.78, 5) is 0. The second-order valence-electron chi connectivity index (χ2n) is 3.45. The molecule has 0 saturated carbocycles. The average Bonchev–Trinajstić information content (AvgIpc) is 2.29. The van der Waals surface area contributed by atoms with E-state index in [2.05, 4.69) is 0 Å². The summed E-state index contributed by atoms with van der Waals surface area (Å²) in [6.45, 7) is 0. The van der Waals surface area contributed by atoms with E-state index in [1.54, 1.807) is 0 Å². The van der Waals surface area contributed by atoms with E-state index in [9.17, 15) is 8.78 Å². The van der Waals surface area contributed by atoms with Gasteiger partial charge in [0, 0.05) is 15.6 Å². The van der Waals surface area contributed by atoms with Crippen LogP contribution in [0.3, 0.4) is 0 Å². The zero-order chi connectivity index (χ0) is 12.6. The first-order chi connectivity index (χ1) is 8.00. The lowest BCUT2D eigenvalue weighted by Crippen LogP contribution is -1.97. The van der Waals surface area contributed by atoms with E-state index in [1.165, 1.54) is 18.2 Å². The molecule has 0 aromatic heterocycles. The van der Waals surface area contributed by atoms with Crippen LogP contribution < -0.4 is 5.73 Å². The molecule has 0 spiro atoms. The van der Waals surface area contributed by atoms with Gasteiger partial charge in [-0.2, -0.15) is 0 Å². The number of anilines is 1. The summed E-state index contributed by atoms with van der Waals surface area (Å²) in [5.41, 5.74) is 5.17. The second kappa shape index (κ2) is 4.51. The van der Waals surface area contributed by atoms with Crippen LogP contribution >= 0.6 is 23.2 Å². The summed E-state index contributed by atoms with van der Waals surface area (Å²) >= 11 is 11.7. The van der Waals surface area contributed by atoms with Crippen molar-refractivity contribution < 1.29 is 8.78 Å². The number of rotatable bonds is 1. The molecule has 0 heterocycles. The largest absolute Gasteiger partial charge is 0.396 e. The first kappa shape index (κ1) is 12.1. The maximum Gasteiger partial charge on any atom is 0.156 e. The third-order valence-electron chi connectivity index (χ3n) is 2.32. The van der Waals surface area contributed by atoms with Crippen molar-refractivity contribution in [1.82, 2.24) is 0 Å². The van der Waals surface area contributed by atoms with Crippen LogP contribution in [0.15, 0.2) is 30.3 Å². The number of nitrogens with two attached hydrogens (primary N) is 1. The maximum absolute atomic E-state index is 13.8. The quantitative estimate of drug-likeness (QED) is 0.760. The molecule has 0 amide bonds. The highest BCUT2D eigenvalue weighted by Gasteiger charge is 2.16. The molecule has 1 nitrogen and oxygen atoms in total. The van der Waals surface area contributed by atoms with Crippen LogP contribution in [-0.2, 0) is 0 Å². The highest BCUT2D eigenvalue weighted by molar-refractivity contribution is 6.35. The fourth-order valence-electron chi connectivity index (χ4n) is 1.50. The molecule has 0 aliphatic rings. The van der Waals surface area contributed by atoms with Gasteiger partial charge in [-0.15, -0.1) is 0 Å². The number of hydrogen-bond donors (Lipinski definition) is 1. The summed E-state index contributed by atoms with van der Waals surface area (Å²) < 4.78 is 27.4. The summed E-state index contributed by atoms with van der Waals surface area (Å²) in [6.07, 6.45) is 0. The molecule has 17 heavy (non-hydrogen) atoms. The van der Waals surface area contributed by atoms with Crippen molar-refractivity contribution in [3.63, 3.8) is 0 Å². The Balaban J connectivity index is 2.76. The van der Waals surface area contributed by atoms with Gasteiger partial charge in [-0.05, 0) is 30.3 Å². The molecule has 2 aromatic carbocycles. The molecular weight excluding hydrogens is 267 g/mol. The molecular formula is C12H7Cl2F2N. The SMILES string of the molecule is Nc1ccc(F)c(-c2cc(Cl)ccc2Cl)c1F. The van der Waals surface area contributed by atoms with E-state index in [0.717, 1.165) is 12.1 Å². The average molecular weight is 274 g/mol.